The fourth-order valence-electron chi connectivity index (χ4n) is 5.25. The highest BCUT2D eigenvalue weighted by Crippen LogP contribution is 2.35. The summed E-state index contributed by atoms with van der Waals surface area (Å²) in [6.07, 6.45) is 6.30. The Balaban J connectivity index is 1.36. The number of benzene rings is 1. The van der Waals surface area contributed by atoms with Crippen molar-refractivity contribution in [3.8, 4) is 22.4 Å². The molecule has 8 nitrogen and oxygen atoms in total. The molecule has 1 aromatic carbocycles. The molecule has 37 heavy (non-hydrogen) atoms. The maximum atomic E-state index is 13.4. The van der Waals surface area contributed by atoms with Crippen molar-refractivity contribution in [1.29, 1.82) is 0 Å². The number of nitrogens with one attached hydrogen (secondary N) is 1. The SMILES string of the molecule is CCc1ncnc(-c2ccc(C(=O)N3CCN(C4CCOCC4)CC3)c(Cl)c2)c1-c1ccc(NC)nc1. The van der Waals surface area contributed by atoms with Crippen LogP contribution >= 0.6 is 11.6 Å². The van der Waals surface area contributed by atoms with Gasteiger partial charge in [-0.25, -0.2) is 15.0 Å². The van der Waals surface area contributed by atoms with E-state index in [1.54, 1.807) is 6.33 Å². The summed E-state index contributed by atoms with van der Waals surface area (Å²) in [5, 5.41) is 3.48. The fraction of sp³-hybridized carbons (Fsp3) is 0.429. The number of aryl methyl sites for hydroxylation is 1. The smallest absolute Gasteiger partial charge is 0.255 e. The number of amides is 1. The molecule has 2 aliphatic rings. The number of carbonyl (C=O) groups is 1. The van der Waals surface area contributed by atoms with E-state index in [1.165, 1.54) is 0 Å². The van der Waals surface area contributed by atoms with Gasteiger partial charge in [0.05, 0.1) is 22.0 Å². The molecule has 9 heteroatoms. The highest BCUT2D eigenvalue weighted by molar-refractivity contribution is 6.34. The Morgan fingerprint density at radius 2 is 1.81 bits per heavy atom. The number of halogens is 1. The van der Waals surface area contributed by atoms with Crippen molar-refractivity contribution in [2.24, 2.45) is 0 Å². The molecule has 0 bridgehead atoms. The van der Waals surface area contributed by atoms with Gasteiger partial charge in [0.15, 0.2) is 0 Å². The Morgan fingerprint density at radius 3 is 2.46 bits per heavy atom. The average Bonchev–Trinajstić information content (AvgIpc) is 2.97. The summed E-state index contributed by atoms with van der Waals surface area (Å²) in [6.45, 7) is 6.92. The van der Waals surface area contributed by atoms with Crippen LogP contribution in [0.25, 0.3) is 22.4 Å². The quantitative estimate of drug-likeness (QED) is 0.515. The molecule has 0 unspecified atom stereocenters. The lowest BCUT2D eigenvalue weighted by Gasteiger charge is -2.40. The zero-order valence-corrected chi connectivity index (χ0v) is 22.2. The molecule has 2 saturated heterocycles. The van der Waals surface area contributed by atoms with Crippen LogP contribution in [0.15, 0.2) is 42.9 Å². The Bertz CT molecular complexity index is 1240. The third-order valence-corrected chi connectivity index (χ3v) is 7.66. The van der Waals surface area contributed by atoms with Crippen LogP contribution in [0, 0.1) is 0 Å². The van der Waals surface area contributed by atoms with E-state index in [2.05, 4.69) is 32.1 Å². The van der Waals surface area contributed by atoms with E-state index in [9.17, 15) is 4.79 Å². The van der Waals surface area contributed by atoms with Gasteiger partial charge in [-0.3, -0.25) is 9.69 Å². The summed E-state index contributed by atoms with van der Waals surface area (Å²) in [6, 6.07) is 10.1. The van der Waals surface area contributed by atoms with Crippen LogP contribution in [-0.4, -0.2) is 83.1 Å². The number of aromatic nitrogens is 3. The number of ether oxygens (including phenoxy) is 1. The number of carbonyl (C=O) groups excluding carboxylic acids is 1. The first-order valence-electron chi connectivity index (χ1n) is 13.0. The Labute approximate surface area is 223 Å². The molecule has 1 N–H and O–H groups in total. The van der Waals surface area contributed by atoms with Gasteiger partial charge >= 0.3 is 0 Å². The summed E-state index contributed by atoms with van der Waals surface area (Å²) in [7, 11) is 1.84. The van der Waals surface area contributed by atoms with E-state index in [0.29, 0.717) is 29.7 Å². The van der Waals surface area contributed by atoms with Crippen molar-refractivity contribution in [3.63, 3.8) is 0 Å². The number of piperazine rings is 1. The summed E-state index contributed by atoms with van der Waals surface area (Å²) in [5.74, 6) is 0.770. The van der Waals surface area contributed by atoms with E-state index >= 15 is 0 Å². The van der Waals surface area contributed by atoms with Gasteiger partial charge in [-0.2, -0.15) is 0 Å². The first kappa shape index (κ1) is 25.6. The van der Waals surface area contributed by atoms with Crippen LogP contribution in [0.1, 0.15) is 35.8 Å². The lowest BCUT2D eigenvalue weighted by molar-refractivity contribution is 0.0137. The molecule has 3 aromatic rings. The van der Waals surface area contributed by atoms with E-state index in [0.717, 1.165) is 79.5 Å². The molecule has 5 rings (SSSR count). The minimum atomic E-state index is -0.0211. The summed E-state index contributed by atoms with van der Waals surface area (Å²) < 4.78 is 5.50. The topological polar surface area (TPSA) is 83.5 Å². The molecule has 1 amide bonds. The molecule has 194 valence electrons. The van der Waals surface area contributed by atoms with Crippen LogP contribution in [0.3, 0.4) is 0 Å². The lowest BCUT2D eigenvalue weighted by atomic mass is 9.97. The van der Waals surface area contributed by atoms with Crippen molar-refractivity contribution < 1.29 is 9.53 Å². The molecular formula is C28H33ClN6O2. The van der Waals surface area contributed by atoms with E-state index in [1.807, 2.05) is 48.5 Å². The van der Waals surface area contributed by atoms with Crippen molar-refractivity contribution in [3.05, 3.63) is 59.1 Å². The van der Waals surface area contributed by atoms with Crippen LogP contribution in [0.4, 0.5) is 5.82 Å². The molecule has 2 aromatic heterocycles. The van der Waals surface area contributed by atoms with Crippen LogP contribution in [-0.2, 0) is 11.2 Å². The molecule has 2 fully saturated rings. The lowest BCUT2D eigenvalue weighted by Crippen LogP contribution is -2.53. The largest absolute Gasteiger partial charge is 0.381 e. The zero-order valence-electron chi connectivity index (χ0n) is 21.4. The molecule has 0 spiro atoms. The number of hydrogen-bond acceptors (Lipinski definition) is 7. The first-order chi connectivity index (χ1) is 18.1. The first-order valence-corrected chi connectivity index (χ1v) is 13.4. The summed E-state index contributed by atoms with van der Waals surface area (Å²) >= 11 is 6.72. The minimum Gasteiger partial charge on any atom is -0.381 e. The molecule has 0 saturated carbocycles. The standard InChI is InChI=1S/C28H33ClN6O2/c1-3-24-26(20-5-7-25(30-2)31-17-20)27(33-18-32-24)19-4-6-22(23(29)16-19)28(36)35-12-10-34(11-13-35)21-8-14-37-15-9-21/h4-7,16-18,21H,3,8-15H2,1-2H3,(H,30,31). The minimum absolute atomic E-state index is 0.0211. The molecule has 0 atom stereocenters. The van der Waals surface area contributed by atoms with Crippen LogP contribution < -0.4 is 5.32 Å². The average molecular weight is 521 g/mol. The van der Waals surface area contributed by atoms with Crippen LogP contribution in [0.5, 0.6) is 0 Å². The normalized spacial score (nSPS) is 17.1. The number of hydrogen-bond donors (Lipinski definition) is 1. The number of nitrogens with zero attached hydrogens (tertiary/aromatic N) is 5. The van der Waals surface area contributed by atoms with Crippen molar-refractivity contribution in [2.75, 3.05) is 51.8 Å². The van der Waals surface area contributed by atoms with Gasteiger partial charge in [0.25, 0.3) is 5.91 Å². The van der Waals surface area contributed by atoms with Crippen LogP contribution in [0.2, 0.25) is 5.02 Å². The summed E-state index contributed by atoms with van der Waals surface area (Å²) in [5.41, 5.74) is 4.94. The van der Waals surface area contributed by atoms with Gasteiger partial charge in [-0.15, -0.1) is 0 Å². The highest BCUT2D eigenvalue weighted by atomic mass is 35.5. The van der Waals surface area contributed by atoms with Gasteiger partial charge in [0, 0.05) is 75.4 Å². The van der Waals surface area contributed by atoms with Gasteiger partial charge in [-0.1, -0.05) is 24.6 Å². The Hall–Kier alpha value is -3.07. The predicted octanol–water partition coefficient (Wildman–Crippen LogP) is 4.40. The number of anilines is 1. The van der Waals surface area contributed by atoms with Crippen molar-refractivity contribution in [1.82, 2.24) is 24.8 Å². The fourth-order valence-corrected chi connectivity index (χ4v) is 5.51. The second-order valence-electron chi connectivity index (χ2n) is 9.45. The molecule has 0 aliphatic carbocycles. The Kier molecular flexibility index (Phi) is 7.98. The third-order valence-electron chi connectivity index (χ3n) is 7.35. The van der Waals surface area contributed by atoms with Gasteiger partial charge in [-0.05, 0) is 43.5 Å². The third kappa shape index (κ3) is 5.46. The molecule has 4 heterocycles. The van der Waals surface area contributed by atoms with Gasteiger partial charge < -0.3 is 15.0 Å². The number of rotatable bonds is 6. The van der Waals surface area contributed by atoms with Gasteiger partial charge in [0.2, 0.25) is 0 Å². The van der Waals surface area contributed by atoms with E-state index in [-0.39, 0.29) is 5.91 Å². The van der Waals surface area contributed by atoms with Crippen molar-refractivity contribution >= 4 is 23.3 Å². The number of pyridine rings is 1. The predicted molar refractivity (Wildman–Crippen MR) is 146 cm³/mol. The van der Waals surface area contributed by atoms with Gasteiger partial charge in [0.1, 0.15) is 12.1 Å². The second kappa shape index (κ2) is 11.5. The second-order valence-corrected chi connectivity index (χ2v) is 9.85. The zero-order chi connectivity index (χ0) is 25.8. The Morgan fingerprint density at radius 1 is 1.05 bits per heavy atom. The monoisotopic (exact) mass is 520 g/mol. The molecular weight excluding hydrogens is 488 g/mol. The van der Waals surface area contributed by atoms with E-state index in [4.69, 9.17) is 16.3 Å². The van der Waals surface area contributed by atoms with E-state index < -0.39 is 0 Å². The van der Waals surface area contributed by atoms with Crippen molar-refractivity contribution in [2.45, 2.75) is 32.2 Å². The maximum Gasteiger partial charge on any atom is 0.255 e. The maximum absolute atomic E-state index is 13.4. The molecule has 0 radical (unpaired) electrons. The summed E-state index contributed by atoms with van der Waals surface area (Å²) in [4.78, 5) is 31.4. The highest BCUT2D eigenvalue weighted by Gasteiger charge is 2.28. The molecule has 2 aliphatic heterocycles.